The van der Waals surface area contributed by atoms with E-state index < -0.39 is 5.82 Å². The molecule has 0 aliphatic rings. The van der Waals surface area contributed by atoms with Crippen molar-refractivity contribution in [2.45, 2.75) is 19.9 Å². The van der Waals surface area contributed by atoms with Gasteiger partial charge in [-0.1, -0.05) is 6.92 Å². The molecule has 108 valence electrons. The third-order valence-electron chi connectivity index (χ3n) is 3.41. The standard InChI is InChI=1S/C16H15F2N3/c1-2-7-21-15-9-11(17)4-6-14(15)20-16(21)10-3-5-12(18)13(19)8-10/h3-6,8-9H,2,7,19H2,1H3. The minimum atomic E-state index is -0.456. The first-order chi connectivity index (χ1) is 10.1. The lowest BCUT2D eigenvalue weighted by molar-refractivity contribution is 0.627. The molecule has 3 nitrogen and oxygen atoms in total. The second-order valence-corrected chi connectivity index (χ2v) is 4.96. The maximum absolute atomic E-state index is 13.5. The fraction of sp³-hybridized carbons (Fsp3) is 0.188. The van der Waals surface area contributed by atoms with Gasteiger partial charge in [0, 0.05) is 12.1 Å². The Hall–Kier alpha value is -2.43. The van der Waals surface area contributed by atoms with Crippen molar-refractivity contribution in [3.8, 4) is 11.4 Å². The van der Waals surface area contributed by atoms with Crippen LogP contribution in [0.25, 0.3) is 22.4 Å². The highest BCUT2D eigenvalue weighted by Gasteiger charge is 2.13. The van der Waals surface area contributed by atoms with Crippen molar-refractivity contribution in [2.24, 2.45) is 0 Å². The fourth-order valence-corrected chi connectivity index (χ4v) is 2.45. The fourth-order valence-electron chi connectivity index (χ4n) is 2.45. The first-order valence-electron chi connectivity index (χ1n) is 6.81. The van der Waals surface area contributed by atoms with E-state index in [4.69, 9.17) is 5.73 Å². The van der Waals surface area contributed by atoms with Crippen LogP contribution in [0, 0.1) is 11.6 Å². The van der Waals surface area contributed by atoms with Gasteiger partial charge in [-0.3, -0.25) is 0 Å². The number of nitrogens with zero attached hydrogens (tertiary/aromatic N) is 2. The Bertz CT molecular complexity index is 809. The van der Waals surface area contributed by atoms with Gasteiger partial charge in [-0.2, -0.15) is 0 Å². The number of imidazole rings is 1. The molecule has 3 aromatic rings. The summed E-state index contributed by atoms with van der Waals surface area (Å²) in [5.74, 6) is -0.0861. The maximum atomic E-state index is 13.5. The maximum Gasteiger partial charge on any atom is 0.146 e. The molecular formula is C16H15F2N3. The second kappa shape index (κ2) is 5.16. The number of nitrogen functional groups attached to an aromatic ring is 1. The molecule has 1 heterocycles. The van der Waals surface area contributed by atoms with Crippen molar-refractivity contribution in [3.63, 3.8) is 0 Å². The average Bonchev–Trinajstić information content (AvgIpc) is 2.81. The zero-order valence-corrected chi connectivity index (χ0v) is 11.6. The molecule has 0 saturated carbocycles. The van der Waals surface area contributed by atoms with Gasteiger partial charge in [0.15, 0.2) is 0 Å². The molecule has 0 atom stereocenters. The number of benzene rings is 2. The quantitative estimate of drug-likeness (QED) is 0.741. The van der Waals surface area contributed by atoms with Crippen LogP contribution in [0.2, 0.25) is 0 Å². The van der Waals surface area contributed by atoms with Crippen LogP contribution in [0.5, 0.6) is 0 Å². The summed E-state index contributed by atoms with van der Waals surface area (Å²) in [5.41, 5.74) is 7.87. The van der Waals surface area contributed by atoms with E-state index in [-0.39, 0.29) is 11.5 Å². The number of anilines is 1. The molecule has 0 amide bonds. The van der Waals surface area contributed by atoms with E-state index in [1.165, 1.54) is 18.2 Å². The Balaban J connectivity index is 2.25. The van der Waals surface area contributed by atoms with Crippen molar-refractivity contribution < 1.29 is 8.78 Å². The molecule has 0 saturated heterocycles. The Labute approximate surface area is 121 Å². The number of rotatable bonds is 3. The van der Waals surface area contributed by atoms with Gasteiger partial charge >= 0.3 is 0 Å². The molecule has 0 unspecified atom stereocenters. The van der Waals surface area contributed by atoms with Crippen LogP contribution in [0.4, 0.5) is 14.5 Å². The number of aromatic nitrogens is 2. The lowest BCUT2D eigenvalue weighted by Crippen LogP contribution is -2.01. The van der Waals surface area contributed by atoms with Crippen molar-refractivity contribution in [1.29, 1.82) is 0 Å². The van der Waals surface area contributed by atoms with Gasteiger partial charge in [0.05, 0.1) is 16.7 Å². The SMILES string of the molecule is CCCn1c(-c2ccc(F)c(N)c2)nc2ccc(F)cc21. The summed E-state index contributed by atoms with van der Waals surface area (Å²) >= 11 is 0. The van der Waals surface area contributed by atoms with Gasteiger partial charge in [0.2, 0.25) is 0 Å². The molecule has 0 aliphatic carbocycles. The number of nitrogens with two attached hydrogens (primary N) is 1. The van der Waals surface area contributed by atoms with Crippen LogP contribution >= 0.6 is 0 Å². The Morgan fingerprint density at radius 3 is 2.67 bits per heavy atom. The largest absolute Gasteiger partial charge is 0.396 e. The Kier molecular flexibility index (Phi) is 3.33. The summed E-state index contributed by atoms with van der Waals surface area (Å²) in [6, 6.07) is 9.01. The minimum absolute atomic E-state index is 0.0776. The summed E-state index contributed by atoms with van der Waals surface area (Å²) < 4.78 is 28.7. The normalized spacial score (nSPS) is 11.2. The summed E-state index contributed by atoms with van der Waals surface area (Å²) in [4.78, 5) is 4.53. The highest BCUT2D eigenvalue weighted by molar-refractivity contribution is 5.81. The molecule has 0 fully saturated rings. The van der Waals surface area contributed by atoms with E-state index in [2.05, 4.69) is 4.98 Å². The van der Waals surface area contributed by atoms with Crippen LogP contribution in [0.1, 0.15) is 13.3 Å². The zero-order valence-electron chi connectivity index (χ0n) is 11.6. The van der Waals surface area contributed by atoms with Crippen LogP contribution in [-0.2, 0) is 6.54 Å². The van der Waals surface area contributed by atoms with E-state index in [0.29, 0.717) is 17.9 Å². The molecule has 2 aromatic carbocycles. The molecule has 21 heavy (non-hydrogen) atoms. The van der Waals surface area contributed by atoms with Crippen LogP contribution in [0.3, 0.4) is 0 Å². The topological polar surface area (TPSA) is 43.8 Å². The predicted molar refractivity (Wildman–Crippen MR) is 79.8 cm³/mol. The number of hydrogen-bond acceptors (Lipinski definition) is 2. The summed E-state index contributed by atoms with van der Waals surface area (Å²) in [6.45, 7) is 2.74. The molecule has 0 radical (unpaired) electrons. The van der Waals surface area contributed by atoms with Gasteiger partial charge in [-0.05, 0) is 42.8 Å². The predicted octanol–water partition coefficient (Wildman–Crippen LogP) is 3.97. The van der Waals surface area contributed by atoms with E-state index in [1.54, 1.807) is 18.2 Å². The lowest BCUT2D eigenvalue weighted by Gasteiger charge is -2.08. The average molecular weight is 287 g/mol. The van der Waals surface area contributed by atoms with Gasteiger partial charge < -0.3 is 10.3 Å². The molecule has 0 spiro atoms. The molecule has 3 rings (SSSR count). The highest BCUT2D eigenvalue weighted by Crippen LogP contribution is 2.27. The summed E-state index contributed by atoms with van der Waals surface area (Å²) in [5, 5.41) is 0. The van der Waals surface area contributed by atoms with Crippen LogP contribution in [0.15, 0.2) is 36.4 Å². The second-order valence-electron chi connectivity index (χ2n) is 4.96. The highest BCUT2D eigenvalue weighted by atomic mass is 19.1. The number of hydrogen-bond donors (Lipinski definition) is 1. The molecule has 1 aromatic heterocycles. The molecule has 0 bridgehead atoms. The van der Waals surface area contributed by atoms with Gasteiger partial charge in [-0.15, -0.1) is 0 Å². The van der Waals surface area contributed by atoms with E-state index in [9.17, 15) is 8.78 Å². The van der Waals surface area contributed by atoms with Crippen molar-refractivity contribution in [1.82, 2.24) is 9.55 Å². The smallest absolute Gasteiger partial charge is 0.146 e. The van der Waals surface area contributed by atoms with Crippen molar-refractivity contribution >= 4 is 16.7 Å². The zero-order chi connectivity index (χ0) is 15.0. The molecule has 5 heteroatoms. The monoisotopic (exact) mass is 287 g/mol. The van der Waals surface area contributed by atoms with Crippen molar-refractivity contribution in [2.75, 3.05) is 5.73 Å². The molecule has 2 N–H and O–H groups in total. The summed E-state index contributed by atoms with van der Waals surface area (Å²) in [7, 11) is 0. The lowest BCUT2D eigenvalue weighted by atomic mass is 10.2. The van der Waals surface area contributed by atoms with E-state index in [1.807, 2.05) is 11.5 Å². The van der Waals surface area contributed by atoms with Gasteiger partial charge in [-0.25, -0.2) is 13.8 Å². The molecule has 0 aliphatic heterocycles. The van der Waals surface area contributed by atoms with Gasteiger partial charge in [0.1, 0.15) is 17.5 Å². The molecular weight excluding hydrogens is 272 g/mol. The number of aryl methyl sites for hydroxylation is 1. The first-order valence-corrected chi connectivity index (χ1v) is 6.81. The van der Waals surface area contributed by atoms with Crippen LogP contribution in [-0.4, -0.2) is 9.55 Å². The Morgan fingerprint density at radius 2 is 1.95 bits per heavy atom. The third-order valence-corrected chi connectivity index (χ3v) is 3.41. The van der Waals surface area contributed by atoms with Crippen molar-refractivity contribution in [3.05, 3.63) is 48.0 Å². The Morgan fingerprint density at radius 1 is 1.14 bits per heavy atom. The van der Waals surface area contributed by atoms with E-state index in [0.717, 1.165) is 17.5 Å². The minimum Gasteiger partial charge on any atom is -0.396 e. The third kappa shape index (κ3) is 2.35. The summed E-state index contributed by atoms with van der Waals surface area (Å²) in [6.07, 6.45) is 0.881. The van der Waals surface area contributed by atoms with E-state index >= 15 is 0 Å². The number of fused-ring (bicyclic) bond motifs is 1. The van der Waals surface area contributed by atoms with Crippen LogP contribution < -0.4 is 5.73 Å². The number of halogens is 2. The van der Waals surface area contributed by atoms with Gasteiger partial charge in [0.25, 0.3) is 0 Å². The first kappa shape index (κ1) is 13.5.